The van der Waals surface area contributed by atoms with Crippen molar-refractivity contribution in [3.05, 3.63) is 89.7 Å². The van der Waals surface area contributed by atoms with Gasteiger partial charge in [0.2, 0.25) is 0 Å². The number of carboxylic acids is 1. The molecule has 2 N–H and O–H groups in total. The Bertz CT molecular complexity index is 1310. The van der Waals surface area contributed by atoms with Crippen LogP contribution in [0.4, 0.5) is 0 Å². The molecular weight excluding hydrogens is 434 g/mol. The molecule has 0 saturated carbocycles. The van der Waals surface area contributed by atoms with E-state index in [0.29, 0.717) is 23.3 Å². The summed E-state index contributed by atoms with van der Waals surface area (Å²) in [6.07, 6.45) is 0.138. The third kappa shape index (κ3) is 5.27. The number of nitrogens with one attached hydrogen (secondary N) is 1. The van der Waals surface area contributed by atoms with Crippen molar-refractivity contribution < 1.29 is 28.6 Å². The number of rotatable bonds is 9. The molecular formula is C27H25NO6. The number of hydrogen-bond donors (Lipinski definition) is 2. The summed E-state index contributed by atoms with van der Waals surface area (Å²) in [4.78, 5) is 24.5. The first-order valence-electron chi connectivity index (χ1n) is 10.8. The average molecular weight is 459 g/mol. The number of hydrogen-bond acceptors (Lipinski definition) is 5. The largest absolute Gasteiger partial charge is 0.497 e. The van der Waals surface area contributed by atoms with Crippen LogP contribution in [-0.4, -0.2) is 37.2 Å². The number of methoxy groups -OCH3 is 2. The summed E-state index contributed by atoms with van der Waals surface area (Å²) < 4.78 is 16.0. The highest BCUT2D eigenvalue weighted by molar-refractivity contribution is 5.98. The van der Waals surface area contributed by atoms with Gasteiger partial charge in [-0.3, -0.25) is 4.79 Å². The van der Waals surface area contributed by atoms with E-state index in [-0.39, 0.29) is 12.2 Å². The lowest BCUT2D eigenvalue weighted by Gasteiger charge is -2.14. The number of aliphatic carboxylic acids is 1. The lowest BCUT2D eigenvalue weighted by atomic mass is 9.99. The van der Waals surface area contributed by atoms with Gasteiger partial charge in [0.15, 0.2) is 5.76 Å². The number of amides is 1. The molecule has 0 radical (unpaired) electrons. The first-order valence-corrected chi connectivity index (χ1v) is 10.8. The van der Waals surface area contributed by atoms with Crippen molar-refractivity contribution in [1.82, 2.24) is 5.32 Å². The molecule has 0 aliphatic heterocycles. The second-order valence-corrected chi connectivity index (χ2v) is 7.91. The van der Waals surface area contributed by atoms with Gasteiger partial charge in [-0.05, 0) is 52.6 Å². The molecule has 0 aliphatic rings. The van der Waals surface area contributed by atoms with Gasteiger partial charge in [0.05, 0.1) is 13.7 Å². The van der Waals surface area contributed by atoms with E-state index in [1.165, 1.54) is 0 Å². The van der Waals surface area contributed by atoms with Crippen LogP contribution in [0, 0.1) is 0 Å². The lowest BCUT2D eigenvalue weighted by Crippen LogP contribution is -2.42. The fraction of sp³-hybridized carbons (Fsp3) is 0.185. The second kappa shape index (κ2) is 10.2. The number of benzene rings is 3. The Hall–Kier alpha value is -4.10. The third-order valence-electron chi connectivity index (χ3n) is 5.52. The highest BCUT2D eigenvalue weighted by atomic mass is 16.5. The molecule has 1 atom stereocenters. The first kappa shape index (κ1) is 23.1. The lowest BCUT2D eigenvalue weighted by molar-refractivity contribution is -0.139. The van der Waals surface area contributed by atoms with Gasteiger partial charge >= 0.3 is 5.97 Å². The predicted octanol–water partition coefficient (Wildman–Crippen LogP) is 4.68. The molecule has 34 heavy (non-hydrogen) atoms. The Labute approximate surface area is 196 Å². The Kier molecular flexibility index (Phi) is 6.94. The summed E-state index contributed by atoms with van der Waals surface area (Å²) in [5.41, 5.74) is 4.43. The molecule has 1 aromatic heterocycles. The van der Waals surface area contributed by atoms with Crippen molar-refractivity contribution in [3.8, 4) is 16.9 Å². The van der Waals surface area contributed by atoms with Crippen LogP contribution in [0.25, 0.3) is 22.1 Å². The average Bonchev–Trinajstić information content (AvgIpc) is 3.28. The van der Waals surface area contributed by atoms with Crippen LogP contribution in [0.5, 0.6) is 5.75 Å². The smallest absolute Gasteiger partial charge is 0.326 e. The summed E-state index contributed by atoms with van der Waals surface area (Å²) in [5, 5.41) is 12.9. The van der Waals surface area contributed by atoms with E-state index in [4.69, 9.17) is 13.9 Å². The summed E-state index contributed by atoms with van der Waals surface area (Å²) in [7, 11) is 3.21. The Morgan fingerprint density at radius 3 is 2.44 bits per heavy atom. The maximum Gasteiger partial charge on any atom is 0.326 e. The molecule has 4 aromatic rings. The number of carbonyl (C=O) groups is 2. The Morgan fingerprint density at radius 1 is 0.941 bits per heavy atom. The number of fused-ring (bicyclic) bond motifs is 1. The van der Waals surface area contributed by atoms with Crippen LogP contribution in [-0.2, 0) is 22.6 Å². The van der Waals surface area contributed by atoms with Crippen molar-refractivity contribution in [2.45, 2.75) is 19.1 Å². The molecule has 0 fully saturated rings. The molecule has 1 unspecified atom stereocenters. The van der Waals surface area contributed by atoms with Gasteiger partial charge in [0.25, 0.3) is 5.91 Å². The number of ether oxygens (including phenoxy) is 2. The molecule has 7 heteroatoms. The fourth-order valence-electron chi connectivity index (χ4n) is 3.77. The van der Waals surface area contributed by atoms with E-state index in [9.17, 15) is 14.7 Å². The fourth-order valence-corrected chi connectivity index (χ4v) is 3.77. The minimum absolute atomic E-state index is 0.0424. The summed E-state index contributed by atoms with van der Waals surface area (Å²) in [5.74, 6) is -1.03. The maximum atomic E-state index is 12.7. The van der Waals surface area contributed by atoms with Crippen LogP contribution in [0.1, 0.15) is 21.7 Å². The Balaban J connectivity index is 1.46. The minimum atomic E-state index is -1.12. The van der Waals surface area contributed by atoms with Crippen LogP contribution >= 0.6 is 0 Å². The minimum Gasteiger partial charge on any atom is -0.497 e. The molecule has 174 valence electrons. The van der Waals surface area contributed by atoms with Crippen molar-refractivity contribution in [3.63, 3.8) is 0 Å². The summed E-state index contributed by atoms with van der Waals surface area (Å²) >= 11 is 0. The first-order chi connectivity index (χ1) is 16.5. The molecule has 7 nitrogen and oxygen atoms in total. The van der Waals surface area contributed by atoms with E-state index in [1.54, 1.807) is 38.5 Å². The van der Waals surface area contributed by atoms with Crippen LogP contribution in [0.15, 0.2) is 77.2 Å². The standard InChI is InChI=1S/C27H25NO6/c1-32-16-18-4-3-5-20(12-18)19-8-6-17(7-9-19)13-23(27(30)31)28-26(29)25-15-21-14-22(33-2)10-11-24(21)34-25/h3-12,14-15,23H,13,16H2,1-2H3,(H,28,29)(H,30,31). The zero-order chi connectivity index (χ0) is 24.1. The van der Waals surface area contributed by atoms with Gasteiger partial charge < -0.3 is 24.3 Å². The molecule has 1 amide bonds. The monoisotopic (exact) mass is 459 g/mol. The molecule has 1 heterocycles. The van der Waals surface area contributed by atoms with E-state index in [2.05, 4.69) is 11.4 Å². The molecule has 0 spiro atoms. The van der Waals surface area contributed by atoms with Gasteiger partial charge in [-0.15, -0.1) is 0 Å². The van der Waals surface area contributed by atoms with Gasteiger partial charge in [-0.1, -0.05) is 42.5 Å². The maximum absolute atomic E-state index is 12.7. The predicted molar refractivity (Wildman–Crippen MR) is 128 cm³/mol. The van der Waals surface area contributed by atoms with Gasteiger partial charge in [0.1, 0.15) is 17.4 Å². The van der Waals surface area contributed by atoms with Crippen molar-refractivity contribution in [2.75, 3.05) is 14.2 Å². The van der Waals surface area contributed by atoms with E-state index in [1.807, 2.05) is 42.5 Å². The second-order valence-electron chi connectivity index (χ2n) is 7.91. The summed E-state index contributed by atoms with van der Waals surface area (Å²) in [6.45, 7) is 0.532. The molecule has 3 aromatic carbocycles. The highest BCUT2D eigenvalue weighted by Crippen LogP contribution is 2.25. The molecule has 4 rings (SSSR count). The zero-order valence-corrected chi connectivity index (χ0v) is 18.9. The van der Waals surface area contributed by atoms with Crippen LogP contribution < -0.4 is 10.1 Å². The van der Waals surface area contributed by atoms with Crippen molar-refractivity contribution in [2.24, 2.45) is 0 Å². The number of carbonyl (C=O) groups excluding carboxylic acids is 1. The third-order valence-corrected chi connectivity index (χ3v) is 5.52. The van der Waals surface area contributed by atoms with Crippen molar-refractivity contribution >= 4 is 22.8 Å². The molecule has 0 aliphatic carbocycles. The number of carboxylic acid groups (broad SMARTS) is 1. The highest BCUT2D eigenvalue weighted by Gasteiger charge is 2.23. The normalized spacial score (nSPS) is 11.8. The van der Waals surface area contributed by atoms with Crippen molar-refractivity contribution in [1.29, 1.82) is 0 Å². The van der Waals surface area contributed by atoms with Crippen LogP contribution in [0.2, 0.25) is 0 Å². The summed E-state index contributed by atoms with van der Waals surface area (Å²) in [6, 6.07) is 21.3. The van der Waals surface area contributed by atoms with E-state index in [0.717, 1.165) is 22.3 Å². The van der Waals surface area contributed by atoms with E-state index < -0.39 is 17.9 Å². The topological polar surface area (TPSA) is 98.0 Å². The number of furan rings is 1. The molecule has 0 bridgehead atoms. The van der Waals surface area contributed by atoms with Gasteiger partial charge in [-0.2, -0.15) is 0 Å². The zero-order valence-electron chi connectivity index (χ0n) is 18.9. The molecule has 0 saturated heterocycles. The SMILES string of the molecule is COCc1cccc(-c2ccc(CC(NC(=O)c3cc4cc(OC)ccc4o3)C(=O)O)cc2)c1. The quantitative estimate of drug-likeness (QED) is 0.377. The van der Waals surface area contributed by atoms with Gasteiger partial charge in [-0.25, -0.2) is 4.79 Å². The Morgan fingerprint density at radius 2 is 1.74 bits per heavy atom. The van der Waals surface area contributed by atoms with Gasteiger partial charge in [0, 0.05) is 18.9 Å². The van der Waals surface area contributed by atoms with Crippen LogP contribution in [0.3, 0.4) is 0 Å². The van der Waals surface area contributed by atoms with E-state index >= 15 is 0 Å².